The van der Waals surface area contributed by atoms with Crippen LogP contribution in [0.4, 0.5) is 0 Å². The second-order valence-electron chi connectivity index (χ2n) is 5.72. The summed E-state index contributed by atoms with van der Waals surface area (Å²) in [5, 5.41) is 3.63. The van der Waals surface area contributed by atoms with Crippen molar-refractivity contribution in [3.05, 3.63) is 29.8 Å². The van der Waals surface area contributed by atoms with Crippen molar-refractivity contribution >= 4 is 0 Å². The van der Waals surface area contributed by atoms with Crippen molar-refractivity contribution in [3.63, 3.8) is 0 Å². The molecule has 0 aromatic heterocycles. The van der Waals surface area contributed by atoms with Gasteiger partial charge in [-0.3, -0.25) is 0 Å². The third-order valence-electron chi connectivity index (χ3n) is 3.54. The maximum atomic E-state index is 5.88. The highest BCUT2D eigenvalue weighted by atomic mass is 16.5. The minimum absolute atomic E-state index is 0.204. The first-order chi connectivity index (χ1) is 9.70. The molecule has 0 amide bonds. The highest BCUT2D eigenvalue weighted by molar-refractivity contribution is 5.31. The van der Waals surface area contributed by atoms with Crippen LogP contribution in [0, 0.1) is 0 Å². The average molecular weight is 277 g/mol. The number of rotatable bonds is 7. The molecule has 0 saturated carbocycles. The maximum Gasteiger partial charge on any atom is 0.120 e. The summed E-state index contributed by atoms with van der Waals surface area (Å²) in [6, 6.07) is 8.68. The third kappa shape index (κ3) is 4.22. The molecule has 1 saturated heterocycles. The summed E-state index contributed by atoms with van der Waals surface area (Å²) in [4.78, 5) is 0. The molecule has 2 atom stereocenters. The van der Waals surface area contributed by atoms with E-state index in [2.05, 4.69) is 44.3 Å². The topological polar surface area (TPSA) is 30.5 Å². The van der Waals surface area contributed by atoms with Gasteiger partial charge in [-0.15, -0.1) is 0 Å². The van der Waals surface area contributed by atoms with Crippen LogP contribution in [-0.2, 0) is 4.74 Å². The van der Waals surface area contributed by atoms with Gasteiger partial charge in [0.2, 0.25) is 0 Å². The summed E-state index contributed by atoms with van der Waals surface area (Å²) in [5.41, 5.74) is 1.27. The smallest absolute Gasteiger partial charge is 0.120 e. The molecule has 2 unspecified atom stereocenters. The zero-order valence-corrected chi connectivity index (χ0v) is 12.9. The van der Waals surface area contributed by atoms with Gasteiger partial charge in [-0.25, -0.2) is 0 Å². The van der Waals surface area contributed by atoms with Crippen molar-refractivity contribution in [1.29, 1.82) is 0 Å². The van der Waals surface area contributed by atoms with Crippen LogP contribution in [0.5, 0.6) is 5.75 Å². The van der Waals surface area contributed by atoms with Gasteiger partial charge >= 0.3 is 0 Å². The molecular weight excluding hydrogens is 250 g/mol. The van der Waals surface area contributed by atoms with Crippen LogP contribution < -0.4 is 10.1 Å². The zero-order chi connectivity index (χ0) is 14.4. The van der Waals surface area contributed by atoms with Gasteiger partial charge in [0, 0.05) is 6.61 Å². The maximum absolute atomic E-state index is 5.88. The fourth-order valence-corrected chi connectivity index (χ4v) is 2.68. The number of hydrogen-bond donors (Lipinski definition) is 1. The van der Waals surface area contributed by atoms with Crippen LogP contribution in [0.25, 0.3) is 0 Å². The van der Waals surface area contributed by atoms with Crippen molar-refractivity contribution in [2.24, 2.45) is 0 Å². The Kier molecular flexibility index (Phi) is 5.86. The SMILES string of the molecule is CCCNC(c1cccc(OC(C)C)c1)C1CCCO1. The standard InChI is InChI=1S/C17H27NO2/c1-4-10-18-17(16-9-6-11-19-16)14-7-5-8-15(12-14)20-13(2)3/h5,7-8,12-13,16-18H,4,6,9-11H2,1-3H3. The summed E-state index contributed by atoms with van der Waals surface area (Å²) < 4.78 is 11.7. The quantitative estimate of drug-likeness (QED) is 0.824. The molecule has 1 aromatic carbocycles. The van der Waals surface area contributed by atoms with Crippen molar-refractivity contribution in [2.45, 2.75) is 58.3 Å². The predicted octanol–water partition coefficient (Wildman–Crippen LogP) is 3.69. The molecule has 3 heteroatoms. The largest absolute Gasteiger partial charge is 0.491 e. The number of hydrogen-bond acceptors (Lipinski definition) is 3. The Balaban J connectivity index is 2.14. The minimum Gasteiger partial charge on any atom is -0.491 e. The first kappa shape index (κ1) is 15.3. The lowest BCUT2D eigenvalue weighted by Crippen LogP contribution is -2.32. The van der Waals surface area contributed by atoms with E-state index in [0.29, 0.717) is 0 Å². The Hall–Kier alpha value is -1.06. The van der Waals surface area contributed by atoms with Gasteiger partial charge in [-0.2, -0.15) is 0 Å². The Bertz CT molecular complexity index is 400. The predicted molar refractivity (Wildman–Crippen MR) is 82.2 cm³/mol. The van der Waals surface area contributed by atoms with E-state index in [1.54, 1.807) is 0 Å². The van der Waals surface area contributed by atoms with Gasteiger partial charge < -0.3 is 14.8 Å². The fourth-order valence-electron chi connectivity index (χ4n) is 2.68. The van der Waals surface area contributed by atoms with Crippen molar-refractivity contribution in [1.82, 2.24) is 5.32 Å². The normalized spacial score (nSPS) is 20.3. The molecule has 1 aromatic rings. The zero-order valence-electron chi connectivity index (χ0n) is 12.9. The van der Waals surface area contributed by atoms with Crippen LogP contribution in [0.15, 0.2) is 24.3 Å². The van der Waals surface area contributed by atoms with Gasteiger partial charge in [0.25, 0.3) is 0 Å². The Labute approximate surface area is 122 Å². The minimum atomic E-state index is 0.204. The number of ether oxygens (including phenoxy) is 2. The summed E-state index contributed by atoms with van der Waals surface area (Å²) >= 11 is 0. The monoisotopic (exact) mass is 277 g/mol. The Morgan fingerprint density at radius 3 is 2.90 bits per heavy atom. The van der Waals surface area contributed by atoms with Crippen LogP contribution in [-0.4, -0.2) is 25.4 Å². The molecule has 1 fully saturated rings. The molecule has 1 aliphatic heterocycles. The molecule has 0 radical (unpaired) electrons. The molecule has 0 bridgehead atoms. The van der Waals surface area contributed by atoms with Crippen molar-refractivity contribution in [3.8, 4) is 5.75 Å². The van der Waals surface area contributed by atoms with E-state index < -0.39 is 0 Å². The second-order valence-corrected chi connectivity index (χ2v) is 5.72. The molecule has 3 nitrogen and oxygen atoms in total. The van der Waals surface area contributed by atoms with Crippen LogP contribution >= 0.6 is 0 Å². The summed E-state index contributed by atoms with van der Waals surface area (Å²) in [6.45, 7) is 8.20. The van der Waals surface area contributed by atoms with Gasteiger partial charge in [0.05, 0.1) is 18.2 Å². The lowest BCUT2D eigenvalue weighted by Gasteiger charge is -2.25. The first-order valence-corrected chi connectivity index (χ1v) is 7.82. The molecule has 0 aliphatic carbocycles. The highest BCUT2D eigenvalue weighted by Crippen LogP contribution is 2.29. The summed E-state index contributed by atoms with van der Waals surface area (Å²) in [6.07, 6.45) is 3.92. The van der Waals surface area contributed by atoms with E-state index in [1.165, 1.54) is 5.56 Å². The molecule has 2 rings (SSSR count). The van der Waals surface area contributed by atoms with E-state index in [4.69, 9.17) is 9.47 Å². The molecular formula is C17H27NO2. The van der Waals surface area contributed by atoms with E-state index in [0.717, 1.165) is 38.2 Å². The highest BCUT2D eigenvalue weighted by Gasteiger charge is 2.27. The van der Waals surface area contributed by atoms with Crippen LogP contribution in [0.1, 0.15) is 51.6 Å². The summed E-state index contributed by atoms with van der Waals surface area (Å²) in [5.74, 6) is 0.943. The molecule has 0 spiro atoms. The number of benzene rings is 1. The van der Waals surface area contributed by atoms with E-state index in [-0.39, 0.29) is 18.2 Å². The third-order valence-corrected chi connectivity index (χ3v) is 3.54. The van der Waals surface area contributed by atoms with E-state index >= 15 is 0 Å². The lowest BCUT2D eigenvalue weighted by atomic mass is 9.99. The second kappa shape index (κ2) is 7.65. The number of nitrogens with one attached hydrogen (secondary N) is 1. The molecule has 1 aliphatic rings. The van der Waals surface area contributed by atoms with Crippen molar-refractivity contribution < 1.29 is 9.47 Å². The summed E-state index contributed by atoms with van der Waals surface area (Å²) in [7, 11) is 0. The average Bonchev–Trinajstić information content (AvgIpc) is 2.93. The van der Waals surface area contributed by atoms with Gasteiger partial charge in [-0.1, -0.05) is 19.1 Å². The van der Waals surface area contributed by atoms with E-state index in [1.807, 2.05) is 6.07 Å². The van der Waals surface area contributed by atoms with Gasteiger partial charge in [0.15, 0.2) is 0 Å². The molecule has 1 N–H and O–H groups in total. The molecule has 112 valence electrons. The van der Waals surface area contributed by atoms with Gasteiger partial charge in [-0.05, 0) is 57.4 Å². The Morgan fingerprint density at radius 2 is 2.25 bits per heavy atom. The Morgan fingerprint density at radius 1 is 1.40 bits per heavy atom. The fraction of sp³-hybridized carbons (Fsp3) is 0.647. The van der Waals surface area contributed by atoms with E-state index in [9.17, 15) is 0 Å². The molecule has 20 heavy (non-hydrogen) atoms. The molecule has 1 heterocycles. The first-order valence-electron chi connectivity index (χ1n) is 7.82. The van der Waals surface area contributed by atoms with Gasteiger partial charge in [0.1, 0.15) is 5.75 Å². The van der Waals surface area contributed by atoms with Crippen LogP contribution in [0.2, 0.25) is 0 Å². The lowest BCUT2D eigenvalue weighted by molar-refractivity contribution is 0.0782. The van der Waals surface area contributed by atoms with Crippen molar-refractivity contribution in [2.75, 3.05) is 13.2 Å². The van der Waals surface area contributed by atoms with Crippen LogP contribution in [0.3, 0.4) is 0 Å².